The van der Waals surface area contributed by atoms with Crippen molar-refractivity contribution < 1.29 is 0 Å². The van der Waals surface area contributed by atoms with Gasteiger partial charge in [0.15, 0.2) is 0 Å². The van der Waals surface area contributed by atoms with Crippen LogP contribution in [0.15, 0.2) is 36.8 Å². The highest BCUT2D eigenvalue weighted by Crippen LogP contribution is 1.96. The number of allylic oxidation sites excluding steroid dienone is 1. The van der Waals surface area contributed by atoms with Crippen molar-refractivity contribution in [1.82, 2.24) is 4.98 Å². The average molecular weight is 147 g/mol. The van der Waals surface area contributed by atoms with Crippen LogP contribution in [0.25, 0.3) is 0 Å². The summed E-state index contributed by atoms with van der Waals surface area (Å²) in [6, 6.07) is 3.60. The third-order valence-electron chi connectivity index (χ3n) is 1.24. The number of aromatic nitrogens is 1. The minimum absolute atomic E-state index is 0.376. The van der Waals surface area contributed by atoms with E-state index < -0.39 is 0 Å². The molecule has 0 aliphatic carbocycles. The van der Waals surface area contributed by atoms with Crippen LogP contribution in [0.4, 0.5) is 0 Å². The lowest BCUT2D eigenvalue weighted by atomic mass is 10.2. The Hall–Kier alpha value is -1.64. The van der Waals surface area contributed by atoms with Crippen LogP contribution >= 0.6 is 0 Å². The molecule has 1 aromatic heterocycles. The molecule has 3 heteroatoms. The van der Waals surface area contributed by atoms with E-state index in [1.165, 1.54) is 12.3 Å². The first-order valence-corrected chi connectivity index (χ1v) is 3.22. The Morgan fingerprint density at radius 2 is 2.45 bits per heavy atom. The number of hydrogen-bond donors (Lipinski definition) is 2. The van der Waals surface area contributed by atoms with Gasteiger partial charge in [0, 0.05) is 18.0 Å². The van der Waals surface area contributed by atoms with E-state index in [4.69, 9.17) is 11.1 Å². The summed E-state index contributed by atoms with van der Waals surface area (Å²) >= 11 is 0. The monoisotopic (exact) mass is 147 g/mol. The normalized spacial score (nSPS) is 10.2. The number of hydrogen-bond acceptors (Lipinski definition) is 3. The quantitative estimate of drug-likeness (QED) is 0.611. The van der Waals surface area contributed by atoms with Gasteiger partial charge in [-0.05, 0) is 24.4 Å². The molecule has 3 nitrogen and oxygen atoms in total. The van der Waals surface area contributed by atoms with Gasteiger partial charge in [0.1, 0.15) is 0 Å². The van der Waals surface area contributed by atoms with Gasteiger partial charge in [-0.15, -0.1) is 0 Å². The fourth-order valence-corrected chi connectivity index (χ4v) is 0.715. The highest BCUT2D eigenvalue weighted by Gasteiger charge is 1.93. The van der Waals surface area contributed by atoms with E-state index in [-0.39, 0.29) is 0 Å². The van der Waals surface area contributed by atoms with Crippen LogP contribution in [-0.2, 0) is 0 Å². The smallest absolute Gasteiger partial charge is 0.0641 e. The maximum absolute atomic E-state index is 7.42. The molecule has 0 fully saturated rings. The zero-order chi connectivity index (χ0) is 8.10. The number of rotatable bonds is 2. The van der Waals surface area contributed by atoms with E-state index >= 15 is 0 Å². The molecule has 11 heavy (non-hydrogen) atoms. The Balaban J connectivity index is 2.86. The fraction of sp³-hybridized carbons (Fsp3) is 0. The fourth-order valence-electron chi connectivity index (χ4n) is 0.715. The lowest BCUT2D eigenvalue weighted by molar-refractivity contribution is 1.31. The first kappa shape index (κ1) is 7.47. The zero-order valence-electron chi connectivity index (χ0n) is 5.99. The number of nitrogens with one attached hydrogen (secondary N) is 1. The Bertz CT molecular complexity index is 264. The van der Waals surface area contributed by atoms with Crippen LogP contribution < -0.4 is 5.73 Å². The van der Waals surface area contributed by atoms with Crippen molar-refractivity contribution >= 4 is 5.71 Å². The Morgan fingerprint density at radius 1 is 1.64 bits per heavy atom. The average Bonchev–Trinajstić information content (AvgIpc) is 2.07. The number of nitrogens with zero attached hydrogens (tertiary/aromatic N) is 1. The minimum atomic E-state index is 0.376. The molecule has 3 N–H and O–H groups in total. The molecular weight excluding hydrogens is 138 g/mol. The summed E-state index contributed by atoms with van der Waals surface area (Å²) in [4.78, 5) is 3.87. The van der Waals surface area contributed by atoms with Crippen LogP contribution in [-0.4, -0.2) is 10.7 Å². The first-order chi connectivity index (χ1) is 5.34. The van der Waals surface area contributed by atoms with Crippen LogP contribution in [0.3, 0.4) is 0 Å². The third kappa shape index (κ3) is 1.89. The van der Waals surface area contributed by atoms with Crippen molar-refractivity contribution in [3.63, 3.8) is 0 Å². The molecule has 0 bridgehead atoms. The van der Waals surface area contributed by atoms with Gasteiger partial charge in [0.2, 0.25) is 0 Å². The first-order valence-electron chi connectivity index (χ1n) is 3.22. The largest absolute Gasteiger partial charge is 0.405 e. The van der Waals surface area contributed by atoms with Crippen molar-refractivity contribution in [3.8, 4) is 0 Å². The molecule has 0 aromatic carbocycles. The van der Waals surface area contributed by atoms with E-state index in [1.807, 2.05) is 6.07 Å². The van der Waals surface area contributed by atoms with Crippen molar-refractivity contribution in [2.45, 2.75) is 0 Å². The van der Waals surface area contributed by atoms with E-state index in [0.29, 0.717) is 5.71 Å². The van der Waals surface area contributed by atoms with Crippen molar-refractivity contribution in [2.75, 3.05) is 0 Å². The van der Waals surface area contributed by atoms with Crippen molar-refractivity contribution in [3.05, 3.63) is 42.4 Å². The van der Waals surface area contributed by atoms with Crippen LogP contribution in [0.1, 0.15) is 5.56 Å². The lowest BCUT2D eigenvalue weighted by Gasteiger charge is -1.94. The van der Waals surface area contributed by atoms with Gasteiger partial charge >= 0.3 is 0 Å². The summed E-state index contributed by atoms with van der Waals surface area (Å²) in [6.07, 6.45) is 6.16. The maximum Gasteiger partial charge on any atom is 0.0641 e. The Labute approximate surface area is 65.1 Å². The summed E-state index contributed by atoms with van der Waals surface area (Å²) in [6.45, 7) is 0. The molecule has 0 amide bonds. The Morgan fingerprint density at radius 3 is 3.00 bits per heavy atom. The van der Waals surface area contributed by atoms with Gasteiger partial charge < -0.3 is 11.1 Å². The minimum Gasteiger partial charge on any atom is -0.405 e. The van der Waals surface area contributed by atoms with Crippen molar-refractivity contribution in [1.29, 1.82) is 5.41 Å². The summed E-state index contributed by atoms with van der Waals surface area (Å²) < 4.78 is 0. The van der Waals surface area contributed by atoms with Gasteiger partial charge in [0.25, 0.3) is 0 Å². The molecular formula is C8H9N3. The van der Waals surface area contributed by atoms with Gasteiger partial charge in [-0.1, -0.05) is 0 Å². The summed E-state index contributed by atoms with van der Waals surface area (Å²) in [5.41, 5.74) is 6.27. The molecule has 0 saturated carbocycles. The van der Waals surface area contributed by atoms with Crippen LogP contribution in [0.2, 0.25) is 0 Å². The summed E-state index contributed by atoms with van der Waals surface area (Å²) in [5, 5.41) is 7.42. The van der Waals surface area contributed by atoms with E-state index in [0.717, 1.165) is 5.56 Å². The lowest BCUT2D eigenvalue weighted by Crippen LogP contribution is -1.95. The van der Waals surface area contributed by atoms with Gasteiger partial charge in [-0.3, -0.25) is 4.98 Å². The van der Waals surface area contributed by atoms with Crippen LogP contribution in [0.5, 0.6) is 0 Å². The van der Waals surface area contributed by atoms with Gasteiger partial charge in [-0.25, -0.2) is 0 Å². The number of pyridine rings is 1. The van der Waals surface area contributed by atoms with E-state index in [9.17, 15) is 0 Å². The molecule has 0 saturated heterocycles. The third-order valence-corrected chi connectivity index (χ3v) is 1.24. The molecule has 56 valence electrons. The molecule has 1 rings (SSSR count). The second kappa shape index (κ2) is 3.51. The molecule has 0 aliphatic rings. The molecule has 0 spiro atoms. The second-order valence-electron chi connectivity index (χ2n) is 2.01. The standard InChI is InChI=1S/C8H9N3/c9-4-3-8(10)7-2-1-5-11-6-7/h1-6,10H,9H2. The van der Waals surface area contributed by atoms with E-state index in [1.54, 1.807) is 18.5 Å². The predicted octanol–water partition coefficient (Wildman–Crippen LogP) is 0.922. The highest BCUT2D eigenvalue weighted by molar-refractivity contribution is 6.06. The molecule has 0 unspecified atom stereocenters. The zero-order valence-corrected chi connectivity index (χ0v) is 5.99. The molecule has 1 heterocycles. The molecule has 1 aromatic rings. The van der Waals surface area contributed by atoms with E-state index in [2.05, 4.69) is 4.98 Å². The number of nitrogens with two attached hydrogens (primary N) is 1. The van der Waals surface area contributed by atoms with Crippen LogP contribution in [0, 0.1) is 5.41 Å². The van der Waals surface area contributed by atoms with Gasteiger partial charge in [0.05, 0.1) is 5.71 Å². The summed E-state index contributed by atoms with van der Waals surface area (Å²) in [7, 11) is 0. The molecule has 0 aliphatic heterocycles. The topological polar surface area (TPSA) is 62.8 Å². The highest BCUT2D eigenvalue weighted by atomic mass is 14.6. The maximum atomic E-state index is 7.42. The molecule has 0 atom stereocenters. The Kier molecular flexibility index (Phi) is 2.38. The second-order valence-corrected chi connectivity index (χ2v) is 2.01. The summed E-state index contributed by atoms with van der Waals surface area (Å²) in [5.74, 6) is 0. The van der Waals surface area contributed by atoms with Gasteiger partial charge in [-0.2, -0.15) is 0 Å². The molecule has 0 radical (unpaired) electrons. The predicted molar refractivity (Wildman–Crippen MR) is 44.4 cm³/mol. The SMILES string of the molecule is N=C(C=CN)c1cccnc1. The van der Waals surface area contributed by atoms with Crippen molar-refractivity contribution in [2.24, 2.45) is 5.73 Å².